The molecule has 2 rings (SSSR count). The minimum absolute atomic E-state index is 0.155. The third-order valence-electron chi connectivity index (χ3n) is 2.77. The van der Waals surface area contributed by atoms with Gasteiger partial charge in [0.05, 0.1) is 18.8 Å². The third-order valence-corrected chi connectivity index (χ3v) is 3.00. The maximum atomic E-state index is 12.2. The second kappa shape index (κ2) is 6.99. The number of hydrogen-bond acceptors (Lipinski definition) is 4. The van der Waals surface area contributed by atoms with Gasteiger partial charge in [-0.25, -0.2) is 14.7 Å². The van der Waals surface area contributed by atoms with E-state index in [1.165, 1.54) is 4.90 Å². The van der Waals surface area contributed by atoms with Crippen molar-refractivity contribution in [2.24, 2.45) is 0 Å². The fourth-order valence-corrected chi connectivity index (χ4v) is 1.92. The quantitative estimate of drug-likeness (QED) is 0.780. The van der Waals surface area contributed by atoms with Gasteiger partial charge in [-0.1, -0.05) is 11.6 Å². The van der Waals surface area contributed by atoms with E-state index in [0.29, 0.717) is 28.9 Å². The van der Waals surface area contributed by atoms with Crippen LogP contribution in [0.25, 0.3) is 0 Å². The normalized spacial score (nSPS) is 10.3. The SMILES string of the molecule is CCOc1cc(Cl)ccc1NC(=O)N(C)Cc1n[nH]c(=O)[nH]1. The fraction of sp³-hybridized carbons (Fsp3) is 0.308. The number of amides is 2. The lowest BCUT2D eigenvalue weighted by Gasteiger charge is -2.18. The summed E-state index contributed by atoms with van der Waals surface area (Å²) in [4.78, 5) is 27.0. The van der Waals surface area contributed by atoms with Crippen LogP contribution >= 0.6 is 11.6 Å². The summed E-state index contributed by atoms with van der Waals surface area (Å²) in [6, 6.07) is 4.58. The van der Waals surface area contributed by atoms with Gasteiger partial charge in [-0.2, -0.15) is 5.10 Å². The summed E-state index contributed by atoms with van der Waals surface area (Å²) in [5, 5.41) is 9.23. The van der Waals surface area contributed by atoms with Crippen LogP contribution in [0.3, 0.4) is 0 Å². The van der Waals surface area contributed by atoms with E-state index in [0.717, 1.165) is 0 Å². The summed E-state index contributed by atoms with van der Waals surface area (Å²) in [6.07, 6.45) is 0. The monoisotopic (exact) mass is 325 g/mol. The van der Waals surface area contributed by atoms with Gasteiger partial charge in [0.2, 0.25) is 0 Å². The predicted octanol–water partition coefficient (Wildman–Crippen LogP) is 1.81. The Bertz CT molecular complexity index is 712. The molecule has 0 spiro atoms. The second-order valence-electron chi connectivity index (χ2n) is 4.48. The zero-order valence-electron chi connectivity index (χ0n) is 12.1. The minimum Gasteiger partial charge on any atom is -0.492 e. The Labute approximate surface area is 131 Å². The van der Waals surface area contributed by atoms with Crippen molar-refractivity contribution < 1.29 is 9.53 Å². The van der Waals surface area contributed by atoms with Crippen LogP contribution in [-0.2, 0) is 6.54 Å². The molecule has 0 saturated heterocycles. The molecule has 0 aliphatic carbocycles. The lowest BCUT2D eigenvalue weighted by molar-refractivity contribution is 0.219. The summed E-state index contributed by atoms with van der Waals surface area (Å²) in [7, 11) is 1.58. The molecule has 118 valence electrons. The van der Waals surface area contributed by atoms with Crippen LogP contribution in [0, 0.1) is 0 Å². The number of anilines is 1. The lowest BCUT2D eigenvalue weighted by atomic mass is 10.3. The average Bonchev–Trinajstić information content (AvgIpc) is 2.87. The van der Waals surface area contributed by atoms with Crippen molar-refractivity contribution in [1.82, 2.24) is 20.1 Å². The molecule has 0 fully saturated rings. The number of urea groups is 1. The summed E-state index contributed by atoms with van der Waals surface area (Å²) in [6.45, 7) is 2.45. The first-order chi connectivity index (χ1) is 10.5. The number of halogens is 1. The molecule has 0 aliphatic rings. The number of ether oxygens (including phenoxy) is 1. The first kappa shape index (κ1) is 15.9. The van der Waals surface area contributed by atoms with Gasteiger partial charge in [0, 0.05) is 18.1 Å². The van der Waals surface area contributed by atoms with E-state index >= 15 is 0 Å². The molecule has 2 amide bonds. The van der Waals surface area contributed by atoms with Crippen LogP contribution in [0.15, 0.2) is 23.0 Å². The van der Waals surface area contributed by atoms with E-state index in [2.05, 4.69) is 20.5 Å². The highest BCUT2D eigenvalue weighted by Crippen LogP contribution is 2.28. The summed E-state index contributed by atoms with van der Waals surface area (Å²) >= 11 is 5.91. The molecule has 0 radical (unpaired) electrons. The van der Waals surface area contributed by atoms with Gasteiger partial charge in [-0.15, -0.1) is 0 Å². The van der Waals surface area contributed by atoms with Crippen LogP contribution in [0.1, 0.15) is 12.7 Å². The molecule has 8 nitrogen and oxygen atoms in total. The number of nitrogens with one attached hydrogen (secondary N) is 3. The second-order valence-corrected chi connectivity index (χ2v) is 4.92. The van der Waals surface area contributed by atoms with E-state index in [9.17, 15) is 9.59 Å². The molecule has 22 heavy (non-hydrogen) atoms. The zero-order valence-corrected chi connectivity index (χ0v) is 12.9. The highest BCUT2D eigenvalue weighted by atomic mass is 35.5. The molecule has 3 N–H and O–H groups in total. The Kier molecular flexibility index (Phi) is 5.05. The maximum Gasteiger partial charge on any atom is 0.340 e. The number of carbonyl (C=O) groups excluding carboxylic acids is 1. The third kappa shape index (κ3) is 4.01. The number of aromatic nitrogens is 3. The van der Waals surface area contributed by atoms with Crippen LogP contribution in [0.2, 0.25) is 5.02 Å². The number of carbonyl (C=O) groups is 1. The van der Waals surface area contributed by atoms with E-state index in [1.54, 1.807) is 25.2 Å². The van der Waals surface area contributed by atoms with Crippen molar-refractivity contribution in [2.45, 2.75) is 13.5 Å². The molecule has 0 saturated carbocycles. The van der Waals surface area contributed by atoms with Crippen LogP contribution in [0.5, 0.6) is 5.75 Å². The molecule has 0 unspecified atom stereocenters. The molecule has 0 atom stereocenters. The topological polar surface area (TPSA) is 103 Å². The minimum atomic E-state index is -0.417. The van der Waals surface area contributed by atoms with Crippen LogP contribution < -0.4 is 15.7 Å². The molecule has 0 aliphatic heterocycles. The standard InChI is InChI=1S/C13H16ClN5O3/c1-3-22-10-6-8(14)4-5-9(10)15-13(21)19(2)7-11-16-12(20)18-17-11/h4-6H,3,7H2,1-2H3,(H,15,21)(H2,16,17,18,20). The largest absolute Gasteiger partial charge is 0.492 e. The highest BCUT2D eigenvalue weighted by molar-refractivity contribution is 6.30. The van der Waals surface area contributed by atoms with Gasteiger partial charge >= 0.3 is 11.7 Å². The predicted molar refractivity (Wildman–Crippen MR) is 82.3 cm³/mol. The number of rotatable bonds is 5. The van der Waals surface area contributed by atoms with Gasteiger partial charge in [-0.3, -0.25) is 4.98 Å². The van der Waals surface area contributed by atoms with E-state index in [1.807, 2.05) is 6.92 Å². The van der Waals surface area contributed by atoms with Crippen molar-refractivity contribution in [2.75, 3.05) is 19.0 Å². The molecule has 9 heteroatoms. The highest BCUT2D eigenvalue weighted by Gasteiger charge is 2.14. The molecular weight excluding hydrogens is 310 g/mol. The van der Waals surface area contributed by atoms with Crippen LogP contribution in [-0.4, -0.2) is 39.8 Å². The number of aromatic amines is 2. The average molecular weight is 326 g/mol. The van der Waals surface area contributed by atoms with Crippen molar-refractivity contribution in [1.29, 1.82) is 0 Å². The summed E-state index contributed by atoms with van der Waals surface area (Å²) in [5.41, 5.74) is 0.0961. The number of benzene rings is 1. The van der Waals surface area contributed by atoms with E-state index < -0.39 is 5.69 Å². The first-order valence-electron chi connectivity index (χ1n) is 6.57. The van der Waals surface area contributed by atoms with Crippen molar-refractivity contribution in [3.05, 3.63) is 39.5 Å². The van der Waals surface area contributed by atoms with Gasteiger partial charge < -0.3 is 15.0 Å². The Morgan fingerprint density at radius 3 is 2.91 bits per heavy atom. The molecule has 2 aromatic rings. The molecule has 1 heterocycles. The Balaban J connectivity index is 2.06. The van der Waals surface area contributed by atoms with Crippen molar-refractivity contribution in [3.8, 4) is 5.75 Å². The molecule has 1 aromatic heterocycles. The van der Waals surface area contributed by atoms with Crippen LogP contribution in [0.4, 0.5) is 10.5 Å². The Morgan fingerprint density at radius 1 is 1.50 bits per heavy atom. The van der Waals surface area contributed by atoms with E-state index in [4.69, 9.17) is 16.3 Å². The summed E-state index contributed by atoms with van der Waals surface area (Å²) in [5.74, 6) is 0.855. The summed E-state index contributed by atoms with van der Waals surface area (Å²) < 4.78 is 5.44. The van der Waals surface area contributed by atoms with Crippen molar-refractivity contribution in [3.63, 3.8) is 0 Å². The van der Waals surface area contributed by atoms with Crippen molar-refractivity contribution >= 4 is 23.3 Å². The number of H-pyrrole nitrogens is 2. The van der Waals surface area contributed by atoms with Gasteiger partial charge in [0.25, 0.3) is 0 Å². The Hall–Kier alpha value is -2.48. The number of nitrogens with zero attached hydrogens (tertiary/aromatic N) is 2. The zero-order chi connectivity index (χ0) is 16.1. The molecular formula is C13H16ClN5O3. The van der Waals surface area contributed by atoms with Gasteiger partial charge in [-0.05, 0) is 19.1 Å². The van der Waals surface area contributed by atoms with Gasteiger partial charge in [0.15, 0.2) is 5.82 Å². The fourth-order valence-electron chi connectivity index (χ4n) is 1.76. The first-order valence-corrected chi connectivity index (χ1v) is 6.95. The van der Waals surface area contributed by atoms with E-state index in [-0.39, 0.29) is 12.6 Å². The smallest absolute Gasteiger partial charge is 0.340 e. The molecule has 1 aromatic carbocycles. The Morgan fingerprint density at radius 2 is 2.27 bits per heavy atom. The van der Waals surface area contributed by atoms with Gasteiger partial charge in [0.1, 0.15) is 5.75 Å². The number of hydrogen-bond donors (Lipinski definition) is 3. The lowest BCUT2D eigenvalue weighted by Crippen LogP contribution is -2.31. The maximum absolute atomic E-state index is 12.2. The molecule has 0 bridgehead atoms.